The molecule has 0 spiro atoms. The van der Waals surface area contributed by atoms with Crippen molar-refractivity contribution in [2.24, 2.45) is 0 Å². The van der Waals surface area contributed by atoms with Gasteiger partial charge in [-0.25, -0.2) is 0 Å². The fourth-order valence-corrected chi connectivity index (χ4v) is 2.17. The number of phenolic OH excluding ortho intramolecular Hbond substituents is 1. The second-order valence-electron chi connectivity index (χ2n) is 4.26. The molecule has 0 bridgehead atoms. The van der Waals surface area contributed by atoms with E-state index >= 15 is 0 Å². The Balaban J connectivity index is 2.11. The molecule has 3 nitrogen and oxygen atoms in total. The van der Waals surface area contributed by atoms with E-state index in [2.05, 4.69) is 10.2 Å². The number of phenols is 1. The predicted molar refractivity (Wildman–Crippen MR) is 66.0 cm³/mol. The van der Waals surface area contributed by atoms with E-state index < -0.39 is 0 Å². The van der Waals surface area contributed by atoms with Gasteiger partial charge in [0.2, 0.25) is 0 Å². The molecule has 1 aromatic carbocycles. The van der Waals surface area contributed by atoms with Crippen LogP contribution in [0.4, 0.5) is 0 Å². The molecule has 2 rings (SSSR count). The van der Waals surface area contributed by atoms with Gasteiger partial charge in [-0.05, 0) is 30.2 Å². The van der Waals surface area contributed by atoms with Crippen molar-refractivity contribution < 1.29 is 5.11 Å². The van der Waals surface area contributed by atoms with Gasteiger partial charge in [0.25, 0.3) is 0 Å². The Kier molecular flexibility index (Phi) is 3.69. The van der Waals surface area contributed by atoms with Crippen molar-refractivity contribution in [1.82, 2.24) is 10.2 Å². The van der Waals surface area contributed by atoms with Gasteiger partial charge < -0.3 is 10.4 Å². The highest BCUT2D eigenvalue weighted by atomic mass is 35.5. The Labute approximate surface area is 101 Å². The van der Waals surface area contributed by atoms with Gasteiger partial charge in [0, 0.05) is 32.7 Å². The highest BCUT2D eigenvalue weighted by Gasteiger charge is 2.12. The summed E-state index contributed by atoms with van der Waals surface area (Å²) >= 11 is 5.92. The van der Waals surface area contributed by atoms with Crippen LogP contribution in [0.2, 0.25) is 5.02 Å². The van der Waals surface area contributed by atoms with Crippen LogP contribution in [0, 0.1) is 6.92 Å². The molecule has 16 heavy (non-hydrogen) atoms. The molecule has 2 N–H and O–H groups in total. The van der Waals surface area contributed by atoms with Gasteiger partial charge in [-0.1, -0.05) is 11.6 Å². The summed E-state index contributed by atoms with van der Waals surface area (Å²) in [6.45, 7) is 7.15. The molecule has 1 heterocycles. The van der Waals surface area contributed by atoms with Crippen LogP contribution in [0.15, 0.2) is 12.1 Å². The topological polar surface area (TPSA) is 35.5 Å². The minimum Gasteiger partial charge on any atom is -0.506 e. The molecule has 0 atom stereocenters. The van der Waals surface area contributed by atoms with Crippen LogP contribution in [-0.4, -0.2) is 36.2 Å². The first kappa shape index (κ1) is 11.7. The second kappa shape index (κ2) is 5.04. The van der Waals surface area contributed by atoms with Gasteiger partial charge in [-0.3, -0.25) is 4.90 Å². The maximum atomic E-state index is 9.47. The number of nitrogens with one attached hydrogen (secondary N) is 1. The average Bonchev–Trinajstić information content (AvgIpc) is 2.27. The fraction of sp³-hybridized carbons (Fsp3) is 0.500. The Morgan fingerprint density at radius 3 is 2.75 bits per heavy atom. The second-order valence-corrected chi connectivity index (χ2v) is 4.66. The molecule has 0 saturated carbocycles. The summed E-state index contributed by atoms with van der Waals surface area (Å²) in [6, 6.07) is 3.61. The molecule has 0 amide bonds. The molecule has 0 radical (unpaired) electrons. The lowest BCUT2D eigenvalue weighted by molar-refractivity contribution is 0.233. The lowest BCUT2D eigenvalue weighted by atomic mass is 10.1. The van der Waals surface area contributed by atoms with Crippen molar-refractivity contribution in [2.45, 2.75) is 13.5 Å². The zero-order valence-electron chi connectivity index (χ0n) is 9.46. The van der Waals surface area contributed by atoms with E-state index in [0.717, 1.165) is 38.3 Å². The highest BCUT2D eigenvalue weighted by molar-refractivity contribution is 6.32. The van der Waals surface area contributed by atoms with Gasteiger partial charge in [0.1, 0.15) is 5.75 Å². The number of halogens is 1. The molecule has 0 aliphatic carbocycles. The maximum absolute atomic E-state index is 9.47. The third-order valence-electron chi connectivity index (χ3n) is 3.01. The lowest BCUT2D eigenvalue weighted by Gasteiger charge is -2.27. The van der Waals surface area contributed by atoms with Gasteiger partial charge >= 0.3 is 0 Å². The fourth-order valence-electron chi connectivity index (χ4n) is 1.99. The molecule has 0 unspecified atom stereocenters. The summed E-state index contributed by atoms with van der Waals surface area (Å²) in [6.07, 6.45) is 0. The summed E-state index contributed by atoms with van der Waals surface area (Å²) < 4.78 is 0. The average molecular weight is 241 g/mol. The lowest BCUT2D eigenvalue weighted by Crippen LogP contribution is -2.42. The first-order chi connectivity index (χ1) is 7.66. The van der Waals surface area contributed by atoms with Crippen LogP contribution in [0.25, 0.3) is 0 Å². The monoisotopic (exact) mass is 240 g/mol. The largest absolute Gasteiger partial charge is 0.506 e. The van der Waals surface area contributed by atoms with E-state index in [4.69, 9.17) is 11.6 Å². The molecule has 4 heteroatoms. The molecular weight excluding hydrogens is 224 g/mol. The van der Waals surface area contributed by atoms with Crippen molar-refractivity contribution in [1.29, 1.82) is 0 Å². The van der Waals surface area contributed by atoms with Gasteiger partial charge in [0.15, 0.2) is 0 Å². The van der Waals surface area contributed by atoms with Gasteiger partial charge in [-0.2, -0.15) is 0 Å². The van der Waals surface area contributed by atoms with E-state index in [1.807, 2.05) is 13.0 Å². The Morgan fingerprint density at radius 2 is 2.06 bits per heavy atom. The highest BCUT2D eigenvalue weighted by Crippen LogP contribution is 2.27. The normalized spacial score (nSPS) is 17.6. The molecule has 1 aromatic rings. The molecule has 1 aliphatic rings. The minimum absolute atomic E-state index is 0.170. The zero-order chi connectivity index (χ0) is 11.5. The summed E-state index contributed by atoms with van der Waals surface area (Å²) in [5.41, 5.74) is 2.30. The molecule has 88 valence electrons. The number of hydrogen-bond acceptors (Lipinski definition) is 3. The number of aromatic hydroxyl groups is 1. The summed E-state index contributed by atoms with van der Waals surface area (Å²) in [4.78, 5) is 2.40. The van der Waals surface area contributed by atoms with Crippen molar-refractivity contribution in [3.05, 3.63) is 28.3 Å². The van der Waals surface area contributed by atoms with Crippen molar-refractivity contribution in [3.63, 3.8) is 0 Å². The van der Waals surface area contributed by atoms with E-state index in [9.17, 15) is 5.11 Å². The first-order valence-corrected chi connectivity index (χ1v) is 5.95. The van der Waals surface area contributed by atoms with Crippen molar-refractivity contribution >= 4 is 11.6 Å². The Morgan fingerprint density at radius 1 is 1.38 bits per heavy atom. The van der Waals surface area contributed by atoms with Crippen molar-refractivity contribution in [3.8, 4) is 5.75 Å². The molecule has 1 fully saturated rings. The molecule has 1 aliphatic heterocycles. The van der Waals surface area contributed by atoms with E-state index in [-0.39, 0.29) is 5.75 Å². The first-order valence-electron chi connectivity index (χ1n) is 5.58. The minimum atomic E-state index is 0.170. The van der Waals surface area contributed by atoms with E-state index in [0.29, 0.717) is 5.02 Å². The SMILES string of the molecule is Cc1cc(O)c(Cl)cc1CN1CCNCC1. The van der Waals surface area contributed by atoms with Crippen LogP contribution in [0.5, 0.6) is 5.75 Å². The van der Waals surface area contributed by atoms with Crippen LogP contribution >= 0.6 is 11.6 Å². The van der Waals surface area contributed by atoms with E-state index in [1.165, 1.54) is 5.56 Å². The van der Waals surface area contributed by atoms with Crippen LogP contribution in [0.1, 0.15) is 11.1 Å². The third kappa shape index (κ3) is 2.67. The molecule has 0 aromatic heterocycles. The standard InChI is InChI=1S/C12H17ClN2O/c1-9-6-12(16)11(13)7-10(9)8-15-4-2-14-3-5-15/h6-7,14,16H,2-5,8H2,1H3. The number of rotatable bonds is 2. The van der Waals surface area contributed by atoms with Crippen LogP contribution in [0.3, 0.4) is 0 Å². The summed E-state index contributed by atoms with van der Waals surface area (Å²) in [5, 5.41) is 13.2. The number of piperazine rings is 1. The molecular formula is C12H17ClN2O. The van der Waals surface area contributed by atoms with Gasteiger partial charge in [-0.15, -0.1) is 0 Å². The Hall–Kier alpha value is -0.770. The zero-order valence-corrected chi connectivity index (χ0v) is 10.2. The third-order valence-corrected chi connectivity index (χ3v) is 3.31. The summed E-state index contributed by atoms with van der Waals surface area (Å²) in [7, 11) is 0. The number of nitrogens with zero attached hydrogens (tertiary/aromatic N) is 1. The predicted octanol–water partition coefficient (Wildman–Crippen LogP) is 1.76. The Bertz CT molecular complexity index is 376. The van der Waals surface area contributed by atoms with Gasteiger partial charge in [0.05, 0.1) is 5.02 Å². The van der Waals surface area contributed by atoms with Crippen molar-refractivity contribution in [2.75, 3.05) is 26.2 Å². The van der Waals surface area contributed by atoms with Crippen LogP contribution < -0.4 is 5.32 Å². The number of aryl methyl sites for hydroxylation is 1. The number of benzene rings is 1. The summed E-state index contributed by atoms with van der Waals surface area (Å²) in [5.74, 6) is 0.170. The maximum Gasteiger partial charge on any atom is 0.134 e. The van der Waals surface area contributed by atoms with Crippen LogP contribution in [-0.2, 0) is 6.54 Å². The molecule has 1 saturated heterocycles. The smallest absolute Gasteiger partial charge is 0.134 e. The number of hydrogen-bond donors (Lipinski definition) is 2. The van der Waals surface area contributed by atoms with E-state index in [1.54, 1.807) is 6.07 Å². The quantitative estimate of drug-likeness (QED) is 0.827.